The van der Waals surface area contributed by atoms with Gasteiger partial charge in [-0.05, 0) is 47.5 Å². The second-order valence-electron chi connectivity index (χ2n) is 7.53. The normalized spacial score (nSPS) is 10.8. The molecule has 4 aromatic carbocycles. The molecule has 160 valence electrons. The minimum atomic E-state index is -1.04. The molecule has 3 N–H and O–H groups in total. The topological polar surface area (TPSA) is 95.1 Å². The third-order valence-corrected chi connectivity index (χ3v) is 5.40. The molecular formula is C27H19N3O3. The van der Waals surface area contributed by atoms with Crippen molar-refractivity contribution in [2.75, 3.05) is 5.32 Å². The number of nitrogens with one attached hydrogen (secondary N) is 2. The summed E-state index contributed by atoms with van der Waals surface area (Å²) in [5, 5.41) is 12.5. The van der Waals surface area contributed by atoms with E-state index in [0.29, 0.717) is 28.2 Å². The van der Waals surface area contributed by atoms with E-state index in [0.717, 1.165) is 16.6 Å². The molecule has 0 aliphatic carbocycles. The van der Waals surface area contributed by atoms with Gasteiger partial charge in [-0.15, -0.1) is 0 Å². The summed E-state index contributed by atoms with van der Waals surface area (Å²) in [6, 6.07) is 28.8. The molecule has 1 amide bonds. The average Bonchev–Trinajstić information content (AvgIpc) is 3.29. The summed E-state index contributed by atoms with van der Waals surface area (Å²) in [6.07, 6.45) is 0. The third-order valence-electron chi connectivity index (χ3n) is 5.40. The molecule has 33 heavy (non-hydrogen) atoms. The summed E-state index contributed by atoms with van der Waals surface area (Å²) in [7, 11) is 0. The van der Waals surface area contributed by atoms with Gasteiger partial charge in [-0.3, -0.25) is 4.79 Å². The second kappa shape index (κ2) is 8.43. The van der Waals surface area contributed by atoms with Crippen molar-refractivity contribution in [3.63, 3.8) is 0 Å². The highest BCUT2D eigenvalue weighted by molar-refractivity contribution is 6.10. The lowest BCUT2D eigenvalue weighted by atomic mass is 9.95. The lowest BCUT2D eigenvalue weighted by Crippen LogP contribution is -2.13. The summed E-state index contributed by atoms with van der Waals surface area (Å²) >= 11 is 0. The van der Waals surface area contributed by atoms with Gasteiger partial charge >= 0.3 is 5.97 Å². The van der Waals surface area contributed by atoms with Crippen LogP contribution in [0.2, 0.25) is 0 Å². The predicted octanol–water partition coefficient (Wildman–Crippen LogP) is 5.85. The number of fused-ring (bicyclic) bond motifs is 1. The van der Waals surface area contributed by atoms with Gasteiger partial charge in [0.1, 0.15) is 5.82 Å². The average molecular weight is 433 g/mol. The highest BCUT2D eigenvalue weighted by Crippen LogP contribution is 2.29. The van der Waals surface area contributed by atoms with E-state index in [1.54, 1.807) is 48.5 Å². The van der Waals surface area contributed by atoms with Crippen LogP contribution in [0.25, 0.3) is 33.5 Å². The van der Waals surface area contributed by atoms with Crippen LogP contribution in [0.15, 0.2) is 97.1 Å². The number of amides is 1. The number of hydrogen-bond donors (Lipinski definition) is 3. The fourth-order valence-corrected chi connectivity index (χ4v) is 3.85. The Morgan fingerprint density at radius 3 is 2.18 bits per heavy atom. The zero-order valence-corrected chi connectivity index (χ0v) is 17.4. The number of rotatable bonds is 5. The van der Waals surface area contributed by atoms with E-state index >= 15 is 0 Å². The van der Waals surface area contributed by atoms with Gasteiger partial charge in [-0.1, -0.05) is 60.7 Å². The lowest BCUT2D eigenvalue weighted by molar-refractivity contribution is 0.0697. The van der Waals surface area contributed by atoms with Gasteiger partial charge in [0.25, 0.3) is 5.91 Å². The van der Waals surface area contributed by atoms with Crippen molar-refractivity contribution in [3.05, 3.63) is 108 Å². The maximum Gasteiger partial charge on any atom is 0.336 e. The number of hydrogen-bond acceptors (Lipinski definition) is 3. The molecule has 0 aliphatic rings. The molecule has 6 nitrogen and oxygen atoms in total. The van der Waals surface area contributed by atoms with Gasteiger partial charge < -0.3 is 15.4 Å². The first-order valence-electron chi connectivity index (χ1n) is 10.4. The Bertz CT molecular complexity index is 1470. The first-order valence-corrected chi connectivity index (χ1v) is 10.4. The molecule has 5 rings (SSSR count). The smallest absolute Gasteiger partial charge is 0.336 e. The zero-order chi connectivity index (χ0) is 22.8. The zero-order valence-electron chi connectivity index (χ0n) is 17.4. The van der Waals surface area contributed by atoms with Crippen LogP contribution in [0.5, 0.6) is 0 Å². The van der Waals surface area contributed by atoms with Crippen molar-refractivity contribution in [1.82, 2.24) is 9.97 Å². The molecule has 1 aromatic heterocycles. The van der Waals surface area contributed by atoms with E-state index in [-0.39, 0.29) is 11.5 Å². The number of carboxylic acids is 1. The highest BCUT2D eigenvalue weighted by Gasteiger charge is 2.18. The maximum atomic E-state index is 13.2. The first-order chi connectivity index (χ1) is 16.1. The molecule has 0 atom stereocenters. The number of carbonyl (C=O) groups is 2. The molecule has 0 bridgehead atoms. The molecule has 6 heteroatoms. The fourth-order valence-electron chi connectivity index (χ4n) is 3.85. The van der Waals surface area contributed by atoms with Crippen molar-refractivity contribution in [2.24, 2.45) is 0 Å². The van der Waals surface area contributed by atoms with E-state index in [1.165, 1.54) is 6.07 Å². The summed E-state index contributed by atoms with van der Waals surface area (Å²) in [6.45, 7) is 0. The fraction of sp³-hybridized carbons (Fsp3) is 0. The lowest BCUT2D eigenvalue weighted by Gasteiger charge is -2.13. The Labute approximate surface area is 189 Å². The van der Waals surface area contributed by atoms with Crippen molar-refractivity contribution in [2.45, 2.75) is 0 Å². The van der Waals surface area contributed by atoms with Crippen LogP contribution in [0.4, 0.5) is 5.69 Å². The van der Waals surface area contributed by atoms with E-state index < -0.39 is 5.97 Å². The second-order valence-corrected chi connectivity index (χ2v) is 7.53. The molecular weight excluding hydrogens is 414 g/mol. The van der Waals surface area contributed by atoms with Gasteiger partial charge in [-0.25, -0.2) is 9.78 Å². The SMILES string of the molecule is O=C(O)c1ccccc1-c1ccccc1C(=O)Nc1cccc(-c2nc3ccccc3[nH]2)c1. The number of para-hydroxylation sites is 2. The minimum absolute atomic E-state index is 0.143. The van der Waals surface area contributed by atoms with Crippen LogP contribution in [-0.2, 0) is 0 Å². The van der Waals surface area contributed by atoms with E-state index in [2.05, 4.69) is 15.3 Å². The van der Waals surface area contributed by atoms with Crippen LogP contribution in [0.3, 0.4) is 0 Å². The number of anilines is 1. The van der Waals surface area contributed by atoms with Crippen molar-refractivity contribution in [3.8, 4) is 22.5 Å². The van der Waals surface area contributed by atoms with Crippen LogP contribution in [0, 0.1) is 0 Å². The molecule has 0 fully saturated rings. The van der Waals surface area contributed by atoms with Gasteiger partial charge in [-0.2, -0.15) is 0 Å². The number of nitrogens with zero attached hydrogens (tertiary/aromatic N) is 1. The number of benzene rings is 4. The number of carbonyl (C=O) groups excluding carboxylic acids is 1. The molecule has 0 radical (unpaired) electrons. The number of imidazole rings is 1. The Hall–Kier alpha value is -4.71. The standard InChI is InChI=1S/C27H19N3O3/c31-26(21-12-3-1-10-19(21)20-11-2-4-13-22(20)27(32)33)28-18-9-7-8-17(16-18)25-29-23-14-5-6-15-24(23)30-25/h1-16H,(H,28,31)(H,29,30)(H,32,33). The summed E-state index contributed by atoms with van der Waals surface area (Å²) < 4.78 is 0. The van der Waals surface area contributed by atoms with Crippen LogP contribution >= 0.6 is 0 Å². The van der Waals surface area contributed by atoms with Gasteiger partial charge in [0.05, 0.1) is 16.6 Å². The monoisotopic (exact) mass is 433 g/mol. The maximum absolute atomic E-state index is 13.2. The number of carboxylic acid groups (broad SMARTS) is 1. The summed E-state index contributed by atoms with van der Waals surface area (Å²) in [4.78, 5) is 32.8. The Morgan fingerprint density at radius 1 is 0.758 bits per heavy atom. The van der Waals surface area contributed by atoms with Crippen molar-refractivity contribution < 1.29 is 14.7 Å². The number of aromatic amines is 1. The largest absolute Gasteiger partial charge is 0.478 e. The van der Waals surface area contributed by atoms with Crippen LogP contribution in [0.1, 0.15) is 20.7 Å². The number of aromatic nitrogens is 2. The highest BCUT2D eigenvalue weighted by atomic mass is 16.4. The molecule has 5 aromatic rings. The molecule has 0 aliphatic heterocycles. The summed E-state index contributed by atoms with van der Waals surface area (Å²) in [5.74, 6) is -0.657. The van der Waals surface area contributed by atoms with E-state index in [4.69, 9.17) is 0 Å². The molecule has 0 unspecified atom stereocenters. The van der Waals surface area contributed by atoms with Crippen LogP contribution < -0.4 is 5.32 Å². The molecule has 0 spiro atoms. The number of H-pyrrole nitrogens is 1. The number of aromatic carboxylic acids is 1. The van der Waals surface area contributed by atoms with Gasteiger partial charge in [0.15, 0.2) is 0 Å². The van der Waals surface area contributed by atoms with Crippen molar-refractivity contribution >= 4 is 28.6 Å². The molecule has 0 saturated heterocycles. The molecule has 0 saturated carbocycles. The van der Waals surface area contributed by atoms with Crippen LogP contribution in [-0.4, -0.2) is 27.0 Å². The van der Waals surface area contributed by atoms with Gasteiger partial charge in [0.2, 0.25) is 0 Å². The quantitative estimate of drug-likeness (QED) is 0.324. The third kappa shape index (κ3) is 3.97. The van der Waals surface area contributed by atoms with Gasteiger partial charge in [0, 0.05) is 16.8 Å². The Morgan fingerprint density at radius 2 is 1.42 bits per heavy atom. The van der Waals surface area contributed by atoms with E-state index in [9.17, 15) is 14.7 Å². The predicted molar refractivity (Wildman–Crippen MR) is 128 cm³/mol. The Kier molecular flexibility index (Phi) is 5.16. The molecule has 1 heterocycles. The summed E-state index contributed by atoms with van der Waals surface area (Å²) in [5.41, 5.74) is 4.84. The Balaban J connectivity index is 1.47. The van der Waals surface area contributed by atoms with Crippen molar-refractivity contribution in [1.29, 1.82) is 0 Å². The first kappa shape index (κ1) is 20.2. The minimum Gasteiger partial charge on any atom is -0.478 e. The van der Waals surface area contributed by atoms with E-state index in [1.807, 2.05) is 42.5 Å².